The zero-order valence-corrected chi connectivity index (χ0v) is 8.91. The summed E-state index contributed by atoms with van der Waals surface area (Å²) in [7, 11) is 0. The molecule has 0 fully saturated rings. The van der Waals surface area contributed by atoms with E-state index in [1.54, 1.807) is 6.08 Å². The van der Waals surface area contributed by atoms with Crippen LogP contribution in [0, 0.1) is 5.41 Å². The zero-order chi connectivity index (χ0) is 11.0. The Hall–Kier alpha value is -1.24. The largest absolute Gasteiger partial charge is 0.235 e. The lowest BCUT2D eigenvalue weighted by atomic mass is 9.83. The normalized spacial score (nSPS) is 12.5. The minimum Gasteiger partial charge on any atom is -0.211 e. The molecule has 0 aromatic rings. The van der Waals surface area contributed by atoms with Gasteiger partial charge in [-0.15, -0.1) is 0 Å². The van der Waals surface area contributed by atoms with E-state index in [0.29, 0.717) is 6.54 Å². The first-order chi connectivity index (χ1) is 6.52. The third-order valence-electron chi connectivity index (χ3n) is 2.09. The van der Waals surface area contributed by atoms with E-state index in [0.717, 1.165) is 12.8 Å². The molecule has 14 heavy (non-hydrogen) atoms. The molecule has 0 aliphatic heterocycles. The molecule has 0 bridgehead atoms. The molecule has 0 heterocycles. The Balaban J connectivity index is 4.04. The van der Waals surface area contributed by atoms with Crippen molar-refractivity contribution in [2.75, 3.05) is 6.54 Å². The smallest absolute Gasteiger partial charge is 0.211 e. The summed E-state index contributed by atoms with van der Waals surface area (Å²) >= 11 is 0. The Morgan fingerprint density at radius 2 is 1.93 bits per heavy atom. The fourth-order valence-corrected chi connectivity index (χ4v) is 1.44. The van der Waals surface area contributed by atoms with Gasteiger partial charge in [0.2, 0.25) is 12.2 Å². The van der Waals surface area contributed by atoms with E-state index >= 15 is 0 Å². The number of rotatable bonds is 6. The lowest BCUT2D eigenvalue weighted by Crippen LogP contribution is -2.18. The van der Waals surface area contributed by atoms with Crippen molar-refractivity contribution in [3.63, 3.8) is 0 Å². The Bertz CT molecular complexity index is 261. The van der Waals surface area contributed by atoms with Gasteiger partial charge in [0.15, 0.2) is 0 Å². The summed E-state index contributed by atoms with van der Waals surface area (Å²) in [4.78, 5) is 27.0. The summed E-state index contributed by atoms with van der Waals surface area (Å²) in [6.07, 6.45) is 4.64. The summed E-state index contributed by atoms with van der Waals surface area (Å²) < 4.78 is 0. The molecule has 0 spiro atoms. The van der Waals surface area contributed by atoms with Crippen molar-refractivity contribution in [3.05, 3.63) is 0 Å². The molecule has 0 amide bonds. The first-order valence-electron chi connectivity index (χ1n) is 4.62. The van der Waals surface area contributed by atoms with E-state index < -0.39 is 0 Å². The summed E-state index contributed by atoms with van der Waals surface area (Å²) in [6, 6.07) is -0.0253. The van der Waals surface area contributed by atoms with Gasteiger partial charge in [-0.25, -0.2) is 19.6 Å². The first-order valence-corrected chi connectivity index (χ1v) is 4.62. The molecule has 78 valence electrons. The Kier molecular flexibility index (Phi) is 5.70. The van der Waals surface area contributed by atoms with Crippen molar-refractivity contribution >= 4 is 12.2 Å². The molecule has 4 nitrogen and oxygen atoms in total. The second-order valence-electron chi connectivity index (χ2n) is 4.16. The van der Waals surface area contributed by atoms with Gasteiger partial charge in [-0.2, -0.15) is 0 Å². The molecule has 1 atom stereocenters. The standard InChI is InChI=1S/C10H16N2O2/c1-9(12-8-14)6-10(2,3)4-5-11-7-13/h9H,4-6H2,1-3H3. The SMILES string of the molecule is CC(CC(C)(C)CCN=C=O)N=C=O. The summed E-state index contributed by atoms with van der Waals surface area (Å²) in [5, 5.41) is 0. The molecule has 0 rings (SSSR count). The van der Waals surface area contributed by atoms with Crippen LogP contribution >= 0.6 is 0 Å². The van der Waals surface area contributed by atoms with E-state index in [1.807, 2.05) is 6.92 Å². The molecule has 0 aromatic heterocycles. The number of carbonyl (C=O) groups excluding carboxylic acids is 2. The molecule has 4 heteroatoms. The van der Waals surface area contributed by atoms with Gasteiger partial charge in [0.25, 0.3) is 0 Å². The highest BCUT2D eigenvalue weighted by Gasteiger charge is 2.20. The van der Waals surface area contributed by atoms with Crippen LogP contribution in [0.25, 0.3) is 0 Å². The lowest BCUT2D eigenvalue weighted by molar-refractivity contribution is 0.293. The van der Waals surface area contributed by atoms with Crippen LogP contribution in [0.15, 0.2) is 9.98 Å². The van der Waals surface area contributed by atoms with Crippen molar-refractivity contribution in [2.24, 2.45) is 15.4 Å². The van der Waals surface area contributed by atoms with Crippen LogP contribution in [-0.4, -0.2) is 24.7 Å². The maximum Gasteiger partial charge on any atom is 0.235 e. The van der Waals surface area contributed by atoms with Crippen molar-refractivity contribution in [1.29, 1.82) is 0 Å². The van der Waals surface area contributed by atoms with Crippen LogP contribution in [0.3, 0.4) is 0 Å². The fraction of sp³-hybridized carbons (Fsp3) is 0.800. The lowest BCUT2D eigenvalue weighted by Gasteiger charge is -2.24. The van der Waals surface area contributed by atoms with Gasteiger partial charge in [0, 0.05) is 0 Å². The van der Waals surface area contributed by atoms with Gasteiger partial charge in [-0.05, 0) is 25.2 Å². The van der Waals surface area contributed by atoms with Crippen LogP contribution in [0.4, 0.5) is 0 Å². The topological polar surface area (TPSA) is 58.9 Å². The minimum absolute atomic E-state index is 0.0253. The van der Waals surface area contributed by atoms with Gasteiger partial charge < -0.3 is 0 Å². The third kappa shape index (κ3) is 6.30. The van der Waals surface area contributed by atoms with E-state index in [1.165, 1.54) is 6.08 Å². The van der Waals surface area contributed by atoms with Gasteiger partial charge in [-0.3, -0.25) is 0 Å². The van der Waals surface area contributed by atoms with Gasteiger partial charge in [-0.1, -0.05) is 13.8 Å². The van der Waals surface area contributed by atoms with E-state index in [9.17, 15) is 9.59 Å². The first kappa shape index (κ1) is 12.8. The van der Waals surface area contributed by atoms with Crippen LogP contribution in [-0.2, 0) is 9.59 Å². The highest BCUT2D eigenvalue weighted by atomic mass is 16.1. The molecule has 0 aliphatic carbocycles. The zero-order valence-electron chi connectivity index (χ0n) is 8.91. The molecule has 0 aliphatic rings. The number of isocyanates is 2. The second-order valence-corrected chi connectivity index (χ2v) is 4.16. The van der Waals surface area contributed by atoms with E-state index in [2.05, 4.69) is 23.8 Å². The average molecular weight is 196 g/mol. The number of nitrogens with zero attached hydrogens (tertiary/aromatic N) is 2. The predicted molar refractivity (Wildman–Crippen MR) is 53.6 cm³/mol. The monoisotopic (exact) mass is 196 g/mol. The maximum atomic E-state index is 10.00. The second kappa shape index (κ2) is 6.25. The van der Waals surface area contributed by atoms with Crippen LogP contribution in [0.5, 0.6) is 0 Å². The maximum absolute atomic E-state index is 10.00. The van der Waals surface area contributed by atoms with Crippen molar-refractivity contribution in [2.45, 2.75) is 39.7 Å². The van der Waals surface area contributed by atoms with E-state index in [4.69, 9.17) is 0 Å². The van der Waals surface area contributed by atoms with Gasteiger partial charge in [0.1, 0.15) is 0 Å². The average Bonchev–Trinajstić information content (AvgIpc) is 2.03. The van der Waals surface area contributed by atoms with E-state index in [-0.39, 0.29) is 11.5 Å². The predicted octanol–water partition coefficient (Wildman–Crippen LogP) is 1.85. The van der Waals surface area contributed by atoms with Gasteiger partial charge in [0.05, 0.1) is 12.6 Å². The number of hydrogen-bond donors (Lipinski definition) is 0. The number of hydrogen-bond acceptors (Lipinski definition) is 4. The molecule has 0 saturated heterocycles. The Morgan fingerprint density at radius 3 is 2.43 bits per heavy atom. The highest BCUT2D eigenvalue weighted by Crippen LogP contribution is 2.27. The molecule has 1 unspecified atom stereocenters. The molecular formula is C10H16N2O2. The fourth-order valence-electron chi connectivity index (χ4n) is 1.44. The van der Waals surface area contributed by atoms with Crippen molar-refractivity contribution in [3.8, 4) is 0 Å². The number of aliphatic imine (C=N–C) groups is 2. The molecular weight excluding hydrogens is 180 g/mol. The van der Waals surface area contributed by atoms with Crippen molar-refractivity contribution in [1.82, 2.24) is 0 Å². The Morgan fingerprint density at radius 1 is 1.29 bits per heavy atom. The summed E-state index contributed by atoms with van der Waals surface area (Å²) in [5.74, 6) is 0. The quantitative estimate of drug-likeness (QED) is 0.481. The van der Waals surface area contributed by atoms with Crippen LogP contribution in [0.2, 0.25) is 0 Å². The van der Waals surface area contributed by atoms with Crippen molar-refractivity contribution < 1.29 is 9.59 Å². The summed E-state index contributed by atoms with van der Waals surface area (Å²) in [6.45, 7) is 6.47. The van der Waals surface area contributed by atoms with Crippen LogP contribution < -0.4 is 0 Å². The Labute approximate surface area is 84.1 Å². The molecule has 0 radical (unpaired) electrons. The van der Waals surface area contributed by atoms with Gasteiger partial charge >= 0.3 is 0 Å². The molecule has 0 N–H and O–H groups in total. The van der Waals surface area contributed by atoms with Crippen LogP contribution in [0.1, 0.15) is 33.6 Å². The molecule has 0 aromatic carbocycles. The molecule has 0 saturated carbocycles. The minimum atomic E-state index is -0.0253. The third-order valence-corrected chi connectivity index (χ3v) is 2.09. The summed E-state index contributed by atoms with van der Waals surface area (Å²) in [5.41, 5.74) is 0.0279. The highest BCUT2D eigenvalue weighted by molar-refractivity contribution is 5.33.